The van der Waals surface area contributed by atoms with Gasteiger partial charge in [0.15, 0.2) is 17.7 Å². The number of anilines is 1. The van der Waals surface area contributed by atoms with Crippen molar-refractivity contribution >= 4 is 28.5 Å². The normalized spacial score (nSPS) is 12.0. The second-order valence-corrected chi connectivity index (χ2v) is 5.41. The van der Waals surface area contributed by atoms with Crippen LogP contribution in [-0.4, -0.2) is 23.0 Å². The lowest BCUT2D eigenvalue weighted by Crippen LogP contribution is -2.30. The van der Waals surface area contributed by atoms with Gasteiger partial charge in [-0.05, 0) is 25.1 Å². The highest BCUT2D eigenvalue weighted by molar-refractivity contribution is 6.05. The van der Waals surface area contributed by atoms with E-state index >= 15 is 0 Å². The van der Waals surface area contributed by atoms with Gasteiger partial charge in [0.25, 0.3) is 5.91 Å². The smallest absolute Gasteiger partial charge is 0.341 e. The molecule has 0 aliphatic heterocycles. The van der Waals surface area contributed by atoms with Gasteiger partial charge in [0.1, 0.15) is 0 Å². The Morgan fingerprint density at radius 3 is 2.64 bits per heavy atom. The third-order valence-corrected chi connectivity index (χ3v) is 3.65. The average Bonchev–Trinajstić information content (AvgIpc) is 3.02. The van der Waals surface area contributed by atoms with Crippen LogP contribution in [0.5, 0.6) is 0 Å². The Balaban J connectivity index is 1.68. The largest absolute Gasteiger partial charge is 0.449 e. The van der Waals surface area contributed by atoms with Crippen LogP contribution in [0.4, 0.5) is 14.5 Å². The molecule has 1 amide bonds. The zero-order valence-corrected chi connectivity index (χ0v) is 13.2. The van der Waals surface area contributed by atoms with Crippen molar-refractivity contribution in [3.8, 4) is 0 Å². The van der Waals surface area contributed by atoms with E-state index in [1.165, 1.54) is 19.2 Å². The molecule has 7 heteroatoms. The number of nitrogens with one attached hydrogen (secondary N) is 2. The quantitative estimate of drug-likeness (QED) is 0.710. The van der Waals surface area contributed by atoms with Crippen molar-refractivity contribution in [3.05, 3.63) is 65.9 Å². The minimum atomic E-state index is -1.12. The van der Waals surface area contributed by atoms with Crippen molar-refractivity contribution in [1.29, 1.82) is 0 Å². The highest BCUT2D eigenvalue weighted by Crippen LogP contribution is 2.19. The van der Waals surface area contributed by atoms with Crippen molar-refractivity contribution in [2.75, 3.05) is 5.32 Å². The van der Waals surface area contributed by atoms with Crippen LogP contribution >= 0.6 is 0 Å². The summed E-state index contributed by atoms with van der Waals surface area (Å²) in [5, 5.41) is 3.05. The van der Waals surface area contributed by atoms with Gasteiger partial charge in [-0.25, -0.2) is 13.6 Å². The fourth-order valence-electron chi connectivity index (χ4n) is 2.34. The molecule has 0 saturated heterocycles. The Morgan fingerprint density at radius 2 is 1.88 bits per heavy atom. The third-order valence-electron chi connectivity index (χ3n) is 3.65. The SMILES string of the molecule is C[C@H](OC(=O)c1c[nH]c2ccccc12)C(=O)Nc1ccc(F)c(F)c1. The first-order valence-electron chi connectivity index (χ1n) is 7.48. The highest BCUT2D eigenvalue weighted by Gasteiger charge is 2.21. The monoisotopic (exact) mass is 344 g/mol. The molecule has 1 heterocycles. The maximum atomic E-state index is 13.2. The maximum absolute atomic E-state index is 13.2. The van der Waals surface area contributed by atoms with Crippen LogP contribution in [0.25, 0.3) is 10.9 Å². The lowest BCUT2D eigenvalue weighted by Gasteiger charge is -2.13. The van der Waals surface area contributed by atoms with Crippen LogP contribution in [0.1, 0.15) is 17.3 Å². The number of H-pyrrole nitrogens is 1. The van der Waals surface area contributed by atoms with Gasteiger partial charge < -0.3 is 15.0 Å². The molecule has 2 aromatic carbocycles. The number of aromatic nitrogens is 1. The van der Waals surface area contributed by atoms with Crippen LogP contribution in [0.15, 0.2) is 48.7 Å². The lowest BCUT2D eigenvalue weighted by molar-refractivity contribution is -0.123. The molecule has 0 saturated carbocycles. The van der Waals surface area contributed by atoms with E-state index < -0.39 is 29.6 Å². The first-order valence-corrected chi connectivity index (χ1v) is 7.48. The van der Waals surface area contributed by atoms with Crippen LogP contribution in [0, 0.1) is 11.6 Å². The van der Waals surface area contributed by atoms with Gasteiger partial charge in [0.2, 0.25) is 0 Å². The van der Waals surface area contributed by atoms with E-state index in [-0.39, 0.29) is 5.69 Å². The molecule has 0 unspecified atom stereocenters. The van der Waals surface area contributed by atoms with Crippen molar-refractivity contribution in [3.63, 3.8) is 0 Å². The minimum absolute atomic E-state index is 0.0684. The van der Waals surface area contributed by atoms with E-state index in [1.54, 1.807) is 12.1 Å². The van der Waals surface area contributed by atoms with Crippen LogP contribution in [0.2, 0.25) is 0 Å². The Bertz CT molecular complexity index is 952. The molecule has 0 spiro atoms. The van der Waals surface area contributed by atoms with Gasteiger partial charge in [0.05, 0.1) is 5.56 Å². The molecule has 3 aromatic rings. The van der Waals surface area contributed by atoms with Gasteiger partial charge in [-0.1, -0.05) is 18.2 Å². The van der Waals surface area contributed by atoms with E-state index in [0.29, 0.717) is 10.9 Å². The number of rotatable bonds is 4. The number of carbonyl (C=O) groups is 2. The molecule has 1 atom stereocenters. The van der Waals surface area contributed by atoms with Crippen LogP contribution in [0.3, 0.4) is 0 Å². The molecule has 0 fully saturated rings. The Kier molecular flexibility index (Phi) is 4.47. The summed E-state index contributed by atoms with van der Waals surface area (Å²) in [6.45, 7) is 1.39. The van der Waals surface area contributed by atoms with Crippen molar-refractivity contribution in [2.24, 2.45) is 0 Å². The number of aromatic amines is 1. The summed E-state index contributed by atoms with van der Waals surface area (Å²) in [6, 6.07) is 10.1. The van der Waals surface area contributed by atoms with Crippen molar-refractivity contribution < 1.29 is 23.1 Å². The zero-order chi connectivity index (χ0) is 18.0. The summed E-state index contributed by atoms with van der Waals surface area (Å²) in [4.78, 5) is 27.3. The summed E-state index contributed by atoms with van der Waals surface area (Å²) in [5.41, 5.74) is 1.15. The molecular weight excluding hydrogens is 330 g/mol. The number of hydrogen-bond donors (Lipinski definition) is 2. The highest BCUT2D eigenvalue weighted by atomic mass is 19.2. The molecular formula is C18H14F2N2O3. The fraction of sp³-hybridized carbons (Fsp3) is 0.111. The number of fused-ring (bicyclic) bond motifs is 1. The number of ether oxygens (including phenoxy) is 1. The molecule has 0 radical (unpaired) electrons. The topological polar surface area (TPSA) is 71.2 Å². The van der Waals surface area contributed by atoms with E-state index in [4.69, 9.17) is 4.74 Å². The molecule has 5 nitrogen and oxygen atoms in total. The number of halogens is 2. The molecule has 1 aromatic heterocycles. The number of para-hydroxylation sites is 1. The molecule has 2 N–H and O–H groups in total. The third kappa shape index (κ3) is 3.50. The maximum Gasteiger partial charge on any atom is 0.341 e. The average molecular weight is 344 g/mol. The summed E-state index contributed by atoms with van der Waals surface area (Å²) in [7, 11) is 0. The number of esters is 1. The molecule has 0 bridgehead atoms. The molecule has 0 aliphatic carbocycles. The fourth-order valence-corrected chi connectivity index (χ4v) is 2.34. The van der Waals surface area contributed by atoms with Gasteiger partial charge in [-0.2, -0.15) is 0 Å². The van der Waals surface area contributed by atoms with E-state index in [0.717, 1.165) is 17.6 Å². The van der Waals surface area contributed by atoms with Crippen LogP contribution in [-0.2, 0) is 9.53 Å². The van der Waals surface area contributed by atoms with E-state index in [2.05, 4.69) is 10.3 Å². The van der Waals surface area contributed by atoms with Gasteiger partial charge >= 0.3 is 5.97 Å². The Morgan fingerprint density at radius 1 is 1.12 bits per heavy atom. The molecule has 0 aliphatic rings. The summed E-state index contributed by atoms with van der Waals surface area (Å²) in [5.74, 6) is -3.41. The zero-order valence-electron chi connectivity index (χ0n) is 13.2. The number of hydrogen-bond acceptors (Lipinski definition) is 3. The number of benzene rings is 2. The standard InChI is InChI=1S/C18H14F2N2O3/c1-10(17(23)22-11-6-7-14(19)15(20)8-11)25-18(24)13-9-21-16-5-3-2-4-12(13)16/h2-10,21H,1H3,(H,22,23)/t10-/m0/s1. The summed E-state index contributed by atoms with van der Waals surface area (Å²) >= 11 is 0. The Hall–Kier alpha value is -3.22. The molecule has 3 rings (SSSR count). The Labute approximate surface area is 141 Å². The molecule has 25 heavy (non-hydrogen) atoms. The number of amides is 1. The van der Waals surface area contributed by atoms with Gasteiger partial charge in [-0.3, -0.25) is 4.79 Å². The van der Waals surface area contributed by atoms with E-state index in [1.807, 2.05) is 12.1 Å². The van der Waals surface area contributed by atoms with Crippen LogP contribution < -0.4 is 5.32 Å². The van der Waals surface area contributed by atoms with E-state index in [9.17, 15) is 18.4 Å². The second-order valence-electron chi connectivity index (χ2n) is 5.41. The predicted molar refractivity (Wildman–Crippen MR) is 88.2 cm³/mol. The van der Waals surface area contributed by atoms with Crippen molar-refractivity contribution in [2.45, 2.75) is 13.0 Å². The first-order chi connectivity index (χ1) is 12.0. The van der Waals surface area contributed by atoms with Gasteiger partial charge in [-0.15, -0.1) is 0 Å². The second kappa shape index (κ2) is 6.72. The van der Waals surface area contributed by atoms with Gasteiger partial charge in [0, 0.05) is 28.9 Å². The summed E-state index contributed by atoms with van der Waals surface area (Å²) in [6.07, 6.45) is 0.391. The molecule has 128 valence electrons. The number of carbonyl (C=O) groups excluding carboxylic acids is 2. The summed E-state index contributed by atoms with van der Waals surface area (Å²) < 4.78 is 31.2. The first kappa shape index (κ1) is 16.6. The predicted octanol–water partition coefficient (Wildman–Crippen LogP) is 3.63. The minimum Gasteiger partial charge on any atom is -0.449 e. The lowest BCUT2D eigenvalue weighted by atomic mass is 10.2. The van der Waals surface area contributed by atoms with Crippen molar-refractivity contribution in [1.82, 2.24) is 4.98 Å².